The fourth-order valence-electron chi connectivity index (χ4n) is 1.54. The van der Waals surface area contributed by atoms with Gasteiger partial charge in [-0.25, -0.2) is 9.07 Å². The number of aryl methyl sites for hydroxylation is 1. The van der Waals surface area contributed by atoms with Crippen LogP contribution in [0.5, 0.6) is 0 Å². The SMILES string of the molecule is CCCc1cnn(-c2cccc(F)c2)c1. The Kier molecular flexibility index (Phi) is 2.81. The molecule has 0 atom stereocenters. The lowest BCUT2D eigenvalue weighted by molar-refractivity contribution is 0.625. The zero-order valence-corrected chi connectivity index (χ0v) is 8.65. The molecule has 2 aromatic rings. The van der Waals surface area contributed by atoms with Gasteiger partial charge in [0, 0.05) is 6.20 Å². The summed E-state index contributed by atoms with van der Waals surface area (Å²) in [6.07, 6.45) is 5.87. The van der Waals surface area contributed by atoms with Crippen LogP contribution in [0.4, 0.5) is 4.39 Å². The summed E-state index contributed by atoms with van der Waals surface area (Å²) < 4.78 is 14.7. The van der Waals surface area contributed by atoms with Gasteiger partial charge in [0.1, 0.15) is 5.82 Å². The van der Waals surface area contributed by atoms with Crippen molar-refractivity contribution in [1.82, 2.24) is 9.78 Å². The number of hydrogen-bond donors (Lipinski definition) is 0. The third-order valence-corrected chi connectivity index (χ3v) is 2.25. The van der Waals surface area contributed by atoms with Crippen molar-refractivity contribution in [3.05, 3.63) is 48.0 Å². The molecule has 0 saturated carbocycles. The molecule has 0 aliphatic heterocycles. The third-order valence-electron chi connectivity index (χ3n) is 2.25. The zero-order valence-electron chi connectivity index (χ0n) is 8.65. The Morgan fingerprint density at radius 2 is 2.27 bits per heavy atom. The molecule has 0 unspecified atom stereocenters. The van der Waals surface area contributed by atoms with Gasteiger partial charge in [0.15, 0.2) is 0 Å². The third kappa shape index (κ3) is 2.24. The van der Waals surface area contributed by atoms with E-state index in [-0.39, 0.29) is 5.82 Å². The van der Waals surface area contributed by atoms with Gasteiger partial charge in [-0.3, -0.25) is 0 Å². The fourth-order valence-corrected chi connectivity index (χ4v) is 1.54. The lowest BCUT2D eigenvalue weighted by Gasteiger charge is -2.00. The van der Waals surface area contributed by atoms with E-state index in [9.17, 15) is 4.39 Å². The second-order valence-corrected chi connectivity index (χ2v) is 3.52. The van der Waals surface area contributed by atoms with Gasteiger partial charge < -0.3 is 0 Å². The standard InChI is InChI=1S/C12H13FN2/c1-2-4-10-8-14-15(9-10)12-6-3-5-11(13)7-12/h3,5-9H,2,4H2,1H3. The molecule has 0 fully saturated rings. The lowest BCUT2D eigenvalue weighted by atomic mass is 10.2. The first-order valence-electron chi connectivity index (χ1n) is 5.09. The van der Waals surface area contributed by atoms with E-state index in [1.807, 2.05) is 18.5 Å². The largest absolute Gasteiger partial charge is 0.241 e. The summed E-state index contributed by atoms with van der Waals surface area (Å²) in [5, 5.41) is 4.20. The Morgan fingerprint density at radius 3 is 3.00 bits per heavy atom. The van der Waals surface area contributed by atoms with Gasteiger partial charge in [-0.1, -0.05) is 19.4 Å². The molecule has 0 amide bonds. The number of nitrogens with zero attached hydrogens (tertiary/aromatic N) is 2. The normalized spacial score (nSPS) is 10.5. The van der Waals surface area contributed by atoms with Gasteiger partial charge in [0.05, 0.1) is 11.9 Å². The fraction of sp³-hybridized carbons (Fsp3) is 0.250. The summed E-state index contributed by atoms with van der Waals surface area (Å²) in [7, 11) is 0. The topological polar surface area (TPSA) is 17.8 Å². The molecule has 15 heavy (non-hydrogen) atoms. The highest BCUT2D eigenvalue weighted by atomic mass is 19.1. The molecule has 3 heteroatoms. The number of halogens is 1. The lowest BCUT2D eigenvalue weighted by Crippen LogP contribution is -1.94. The molecule has 0 aliphatic rings. The van der Waals surface area contributed by atoms with Crippen LogP contribution in [0.1, 0.15) is 18.9 Å². The minimum absolute atomic E-state index is 0.236. The van der Waals surface area contributed by atoms with Gasteiger partial charge in [-0.2, -0.15) is 5.10 Å². The van der Waals surface area contributed by atoms with Crippen LogP contribution in [0.2, 0.25) is 0 Å². The van der Waals surface area contributed by atoms with E-state index < -0.39 is 0 Å². The molecular weight excluding hydrogens is 191 g/mol. The van der Waals surface area contributed by atoms with Crippen LogP contribution in [-0.4, -0.2) is 9.78 Å². The van der Waals surface area contributed by atoms with E-state index in [2.05, 4.69) is 12.0 Å². The number of hydrogen-bond acceptors (Lipinski definition) is 1. The van der Waals surface area contributed by atoms with Gasteiger partial charge in [-0.05, 0) is 30.2 Å². The van der Waals surface area contributed by atoms with Crippen molar-refractivity contribution in [2.24, 2.45) is 0 Å². The molecule has 1 aromatic carbocycles. The second-order valence-electron chi connectivity index (χ2n) is 3.52. The van der Waals surface area contributed by atoms with E-state index in [4.69, 9.17) is 0 Å². The number of aromatic nitrogens is 2. The summed E-state index contributed by atoms with van der Waals surface area (Å²) in [5.74, 6) is -0.236. The van der Waals surface area contributed by atoms with Gasteiger partial charge in [0.2, 0.25) is 0 Å². The molecule has 78 valence electrons. The predicted molar refractivity (Wildman–Crippen MR) is 57.5 cm³/mol. The Labute approximate surface area is 88.4 Å². The molecule has 0 N–H and O–H groups in total. The van der Waals surface area contributed by atoms with Crippen molar-refractivity contribution in [1.29, 1.82) is 0 Å². The maximum atomic E-state index is 13.0. The Bertz CT molecular complexity index is 448. The van der Waals surface area contributed by atoms with Crippen LogP contribution in [0.25, 0.3) is 5.69 Å². The molecule has 0 bridgehead atoms. The highest BCUT2D eigenvalue weighted by molar-refractivity contribution is 5.31. The van der Waals surface area contributed by atoms with Crippen LogP contribution < -0.4 is 0 Å². The van der Waals surface area contributed by atoms with Crippen LogP contribution >= 0.6 is 0 Å². The van der Waals surface area contributed by atoms with Crippen LogP contribution in [0, 0.1) is 5.82 Å². The Hall–Kier alpha value is -1.64. The van der Waals surface area contributed by atoms with E-state index in [1.165, 1.54) is 17.7 Å². The first-order chi connectivity index (χ1) is 7.29. The van der Waals surface area contributed by atoms with E-state index >= 15 is 0 Å². The van der Waals surface area contributed by atoms with E-state index in [0.717, 1.165) is 18.5 Å². The first kappa shape index (κ1) is 9.90. The van der Waals surface area contributed by atoms with Crippen LogP contribution in [0.3, 0.4) is 0 Å². The van der Waals surface area contributed by atoms with Crippen molar-refractivity contribution < 1.29 is 4.39 Å². The van der Waals surface area contributed by atoms with Crippen molar-refractivity contribution >= 4 is 0 Å². The Morgan fingerprint density at radius 1 is 1.40 bits per heavy atom. The van der Waals surface area contributed by atoms with Gasteiger partial charge >= 0.3 is 0 Å². The summed E-state index contributed by atoms with van der Waals surface area (Å²) in [5.41, 5.74) is 1.94. The first-order valence-corrected chi connectivity index (χ1v) is 5.09. The summed E-state index contributed by atoms with van der Waals surface area (Å²) in [6, 6.07) is 6.43. The maximum absolute atomic E-state index is 13.0. The molecule has 0 saturated heterocycles. The van der Waals surface area contributed by atoms with Gasteiger partial charge in [0.25, 0.3) is 0 Å². The van der Waals surface area contributed by atoms with E-state index in [0.29, 0.717) is 0 Å². The molecule has 0 aliphatic carbocycles. The summed E-state index contributed by atoms with van der Waals surface area (Å²) in [6.45, 7) is 2.12. The second kappa shape index (κ2) is 4.26. The molecule has 1 aromatic heterocycles. The monoisotopic (exact) mass is 204 g/mol. The van der Waals surface area contributed by atoms with Crippen molar-refractivity contribution in [2.45, 2.75) is 19.8 Å². The summed E-state index contributed by atoms with van der Waals surface area (Å²) in [4.78, 5) is 0. The minimum Gasteiger partial charge on any atom is -0.241 e. The highest BCUT2D eigenvalue weighted by Crippen LogP contribution is 2.10. The molecular formula is C12H13FN2. The molecule has 2 nitrogen and oxygen atoms in total. The highest BCUT2D eigenvalue weighted by Gasteiger charge is 2.00. The number of rotatable bonds is 3. The maximum Gasteiger partial charge on any atom is 0.125 e. The quantitative estimate of drug-likeness (QED) is 0.751. The Balaban J connectivity index is 2.29. The average molecular weight is 204 g/mol. The molecule has 2 rings (SSSR count). The van der Waals surface area contributed by atoms with Crippen LogP contribution in [0.15, 0.2) is 36.7 Å². The molecule has 0 spiro atoms. The zero-order chi connectivity index (χ0) is 10.7. The number of benzene rings is 1. The smallest absolute Gasteiger partial charge is 0.125 e. The predicted octanol–water partition coefficient (Wildman–Crippen LogP) is 2.96. The van der Waals surface area contributed by atoms with Gasteiger partial charge in [-0.15, -0.1) is 0 Å². The summed E-state index contributed by atoms with van der Waals surface area (Å²) >= 11 is 0. The molecule has 0 radical (unpaired) electrons. The van der Waals surface area contributed by atoms with E-state index in [1.54, 1.807) is 10.7 Å². The minimum atomic E-state index is -0.236. The van der Waals surface area contributed by atoms with Crippen molar-refractivity contribution in [2.75, 3.05) is 0 Å². The van der Waals surface area contributed by atoms with Crippen LogP contribution in [-0.2, 0) is 6.42 Å². The van der Waals surface area contributed by atoms with Crippen molar-refractivity contribution in [3.8, 4) is 5.69 Å². The molecule has 1 heterocycles. The van der Waals surface area contributed by atoms with Crippen molar-refractivity contribution in [3.63, 3.8) is 0 Å². The average Bonchev–Trinajstić information content (AvgIpc) is 2.67.